The Hall–Kier alpha value is -2.14. The van der Waals surface area contributed by atoms with Crippen LogP contribution >= 0.6 is 11.8 Å². The summed E-state index contributed by atoms with van der Waals surface area (Å²) in [6, 6.07) is 13.0. The molecule has 0 saturated heterocycles. The first-order chi connectivity index (χ1) is 10.8. The molecule has 3 rings (SSSR count). The van der Waals surface area contributed by atoms with E-state index in [2.05, 4.69) is 0 Å². The van der Waals surface area contributed by atoms with Gasteiger partial charge in [0.1, 0.15) is 19.8 Å². The zero-order chi connectivity index (χ0) is 15.4. The number of fused-ring (bicyclic) bond motifs is 1. The molecule has 22 heavy (non-hydrogen) atoms. The lowest BCUT2D eigenvalue weighted by Crippen LogP contribution is -2.16. The highest BCUT2D eigenvalue weighted by Gasteiger charge is 2.15. The monoisotopic (exact) mass is 316 g/mol. The Morgan fingerprint density at radius 1 is 1.09 bits per heavy atom. The van der Waals surface area contributed by atoms with Gasteiger partial charge >= 0.3 is 5.97 Å². The number of rotatable bonds is 4. The van der Waals surface area contributed by atoms with Crippen LogP contribution in [0.5, 0.6) is 11.5 Å². The van der Waals surface area contributed by atoms with Crippen molar-refractivity contribution in [3.63, 3.8) is 0 Å². The lowest BCUT2D eigenvalue weighted by atomic mass is 10.2. The standard InChI is InChI=1S/C17H16O4S/c1-22-14-5-2-12(3-6-14)11-21-17(18)13-4-7-15-16(10-13)20-9-8-19-15/h2-7,10H,8-9,11H2,1H3. The lowest BCUT2D eigenvalue weighted by molar-refractivity contribution is 0.0471. The summed E-state index contributed by atoms with van der Waals surface area (Å²) < 4.78 is 16.2. The summed E-state index contributed by atoms with van der Waals surface area (Å²) >= 11 is 1.68. The Balaban J connectivity index is 1.64. The maximum Gasteiger partial charge on any atom is 0.338 e. The Bertz CT molecular complexity index is 667. The summed E-state index contributed by atoms with van der Waals surface area (Å²) in [5.74, 6) is 0.881. The van der Waals surface area contributed by atoms with Crippen LogP contribution in [0.3, 0.4) is 0 Å². The highest BCUT2D eigenvalue weighted by molar-refractivity contribution is 7.98. The van der Waals surface area contributed by atoms with Crippen LogP contribution in [0.1, 0.15) is 15.9 Å². The molecule has 4 nitrogen and oxygen atoms in total. The second-order valence-corrected chi connectivity index (χ2v) is 5.66. The van der Waals surface area contributed by atoms with Crippen molar-refractivity contribution < 1.29 is 19.0 Å². The number of thioether (sulfide) groups is 1. The zero-order valence-electron chi connectivity index (χ0n) is 12.2. The van der Waals surface area contributed by atoms with E-state index in [9.17, 15) is 4.79 Å². The van der Waals surface area contributed by atoms with Crippen molar-refractivity contribution in [2.75, 3.05) is 19.5 Å². The molecule has 0 fully saturated rings. The Morgan fingerprint density at radius 3 is 2.55 bits per heavy atom. The predicted octanol–water partition coefficient (Wildman–Crippen LogP) is 3.54. The summed E-state index contributed by atoms with van der Waals surface area (Å²) in [7, 11) is 0. The first kappa shape index (κ1) is 14.8. The molecule has 0 N–H and O–H groups in total. The van der Waals surface area contributed by atoms with Gasteiger partial charge in [-0.1, -0.05) is 12.1 Å². The molecule has 1 heterocycles. The third kappa shape index (κ3) is 3.36. The van der Waals surface area contributed by atoms with E-state index in [4.69, 9.17) is 14.2 Å². The molecular weight excluding hydrogens is 300 g/mol. The van der Waals surface area contributed by atoms with Gasteiger partial charge in [-0.05, 0) is 42.2 Å². The van der Waals surface area contributed by atoms with Crippen LogP contribution in [0, 0.1) is 0 Å². The van der Waals surface area contributed by atoms with Crippen molar-refractivity contribution in [2.24, 2.45) is 0 Å². The van der Waals surface area contributed by atoms with E-state index in [0.717, 1.165) is 5.56 Å². The van der Waals surface area contributed by atoms with Crippen molar-refractivity contribution in [3.05, 3.63) is 53.6 Å². The number of esters is 1. The average molecular weight is 316 g/mol. The van der Waals surface area contributed by atoms with Gasteiger partial charge in [-0.25, -0.2) is 4.79 Å². The molecule has 0 atom stereocenters. The van der Waals surface area contributed by atoms with Crippen molar-refractivity contribution >= 4 is 17.7 Å². The van der Waals surface area contributed by atoms with Crippen molar-refractivity contribution in [1.82, 2.24) is 0 Å². The number of carbonyl (C=O) groups is 1. The van der Waals surface area contributed by atoms with E-state index in [0.29, 0.717) is 30.3 Å². The fraction of sp³-hybridized carbons (Fsp3) is 0.235. The van der Waals surface area contributed by atoms with E-state index in [1.165, 1.54) is 4.90 Å². The lowest BCUT2D eigenvalue weighted by Gasteiger charge is -2.18. The van der Waals surface area contributed by atoms with E-state index in [1.807, 2.05) is 30.5 Å². The van der Waals surface area contributed by atoms with Crippen LogP contribution in [0.25, 0.3) is 0 Å². The summed E-state index contributed by atoms with van der Waals surface area (Å²) in [5, 5.41) is 0. The first-order valence-corrected chi connectivity index (χ1v) is 8.18. The fourth-order valence-corrected chi connectivity index (χ4v) is 2.53. The number of ether oxygens (including phenoxy) is 3. The van der Waals surface area contributed by atoms with Crippen molar-refractivity contribution in [1.29, 1.82) is 0 Å². The summed E-state index contributed by atoms with van der Waals surface area (Å²) in [4.78, 5) is 13.3. The second-order valence-electron chi connectivity index (χ2n) is 4.78. The molecule has 1 aliphatic rings. The molecule has 0 aromatic heterocycles. The molecule has 2 aromatic rings. The van der Waals surface area contributed by atoms with Gasteiger partial charge in [-0.15, -0.1) is 11.8 Å². The molecule has 2 aromatic carbocycles. The maximum absolute atomic E-state index is 12.1. The fourth-order valence-electron chi connectivity index (χ4n) is 2.12. The molecule has 5 heteroatoms. The third-order valence-electron chi connectivity index (χ3n) is 3.31. The van der Waals surface area contributed by atoms with E-state index >= 15 is 0 Å². The minimum atomic E-state index is -0.370. The van der Waals surface area contributed by atoms with Gasteiger partial charge in [0.05, 0.1) is 5.56 Å². The van der Waals surface area contributed by atoms with Gasteiger partial charge < -0.3 is 14.2 Å². The number of hydrogen-bond acceptors (Lipinski definition) is 5. The SMILES string of the molecule is CSc1ccc(COC(=O)c2ccc3c(c2)OCCO3)cc1. The Labute approximate surface area is 133 Å². The third-order valence-corrected chi connectivity index (χ3v) is 4.05. The minimum absolute atomic E-state index is 0.252. The van der Waals surface area contributed by atoms with Crippen LogP contribution in [0.4, 0.5) is 0 Å². The smallest absolute Gasteiger partial charge is 0.338 e. The maximum atomic E-state index is 12.1. The van der Waals surface area contributed by atoms with Gasteiger partial charge in [0.25, 0.3) is 0 Å². The summed E-state index contributed by atoms with van der Waals surface area (Å²) in [6.07, 6.45) is 2.02. The molecule has 0 amide bonds. The normalized spacial score (nSPS) is 12.8. The molecule has 0 unspecified atom stereocenters. The predicted molar refractivity (Wildman–Crippen MR) is 84.8 cm³/mol. The largest absolute Gasteiger partial charge is 0.486 e. The van der Waals surface area contributed by atoms with Crippen LogP contribution in [0.2, 0.25) is 0 Å². The van der Waals surface area contributed by atoms with E-state index in [1.54, 1.807) is 30.0 Å². The van der Waals surface area contributed by atoms with Crippen molar-refractivity contribution in [2.45, 2.75) is 11.5 Å². The average Bonchev–Trinajstić information content (AvgIpc) is 2.59. The van der Waals surface area contributed by atoms with Crippen LogP contribution < -0.4 is 9.47 Å². The van der Waals surface area contributed by atoms with Gasteiger partial charge in [0.15, 0.2) is 11.5 Å². The highest BCUT2D eigenvalue weighted by Crippen LogP contribution is 2.31. The highest BCUT2D eigenvalue weighted by atomic mass is 32.2. The van der Waals surface area contributed by atoms with Gasteiger partial charge in [0, 0.05) is 4.90 Å². The quantitative estimate of drug-likeness (QED) is 0.638. The molecule has 1 aliphatic heterocycles. The van der Waals surface area contributed by atoms with Crippen LogP contribution in [-0.2, 0) is 11.3 Å². The molecule has 0 spiro atoms. The Morgan fingerprint density at radius 2 is 1.82 bits per heavy atom. The van der Waals surface area contributed by atoms with E-state index in [-0.39, 0.29) is 12.6 Å². The molecule has 0 radical (unpaired) electrons. The summed E-state index contributed by atoms with van der Waals surface area (Å²) in [5.41, 5.74) is 1.42. The van der Waals surface area contributed by atoms with Crippen LogP contribution in [0.15, 0.2) is 47.4 Å². The molecule has 0 aliphatic carbocycles. The molecular formula is C17H16O4S. The van der Waals surface area contributed by atoms with Crippen LogP contribution in [-0.4, -0.2) is 25.4 Å². The van der Waals surface area contributed by atoms with Gasteiger partial charge in [0.2, 0.25) is 0 Å². The summed E-state index contributed by atoms with van der Waals surface area (Å²) in [6.45, 7) is 1.28. The number of benzene rings is 2. The number of carbonyl (C=O) groups excluding carboxylic acids is 1. The van der Waals surface area contributed by atoms with E-state index < -0.39 is 0 Å². The zero-order valence-corrected chi connectivity index (χ0v) is 13.0. The molecule has 114 valence electrons. The minimum Gasteiger partial charge on any atom is -0.486 e. The van der Waals surface area contributed by atoms with Crippen molar-refractivity contribution in [3.8, 4) is 11.5 Å². The number of hydrogen-bond donors (Lipinski definition) is 0. The van der Waals surface area contributed by atoms with Gasteiger partial charge in [-0.2, -0.15) is 0 Å². The van der Waals surface area contributed by atoms with Gasteiger partial charge in [-0.3, -0.25) is 0 Å². The first-order valence-electron chi connectivity index (χ1n) is 6.96. The molecule has 0 bridgehead atoms. The topological polar surface area (TPSA) is 44.8 Å². The second kappa shape index (κ2) is 6.75. The Kier molecular flexibility index (Phi) is 4.53. The molecule has 0 saturated carbocycles.